The molecule has 0 saturated heterocycles. The normalized spacial score (nSPS) is 14.1. The maximum atomic E-state index is 12.2. The Kier molecular flexibility index (Phi) is 3.13. The Bertz CT molecular complexity index is 311. The SMILES string of the molecule is N[C@H](CO)c1cccc(C(F)(F)F)c1. The van der Waals surface area contributed by atoms with Gasteiger partial charge in [-0.3, -0.25) is 0 Å². The van der Waals surface area contributed by atoms with Crippen LogP contribution in [0.2, 0.25) is 0 Å². The van der Waals surface area contributed by atoms with Crippen molar-refractivity contribution in [2.45, 2.75) is 12.2 Å². The lowest BCUT2D eigenvalue weighted by molar-refractivity contribution is -0.137. The third-order valence-electron chi connectivity index (χ3n) is 1.84. The first-order valence-corrected chi connectivity index (χ1v) is 3.98. The van der Waals surface area contributed by atoms with Gasteiger partial charge in [0, 0.05) is 0 Å². The molecule has 1 atom stereocenters. The number of rotatable bonds is 2. The molecular formula is C9H10F3NO. The number of benzene rings is 1. The largest absolute Gasteiger partial charge is 0.416 e. The molecule has 1 aromatic carbocycles. The standard InChI is InChI=1S/C9H10F3NO/c10-9(11,12)7-3-1-2-6(4-7)8(13)5-14/h1-4,8,14H,5,13H2/t8-/m1/s1. The second kappa shape index (κ2) is 3.98. The third kappa shape index (κ3) is 2.46. The molecule has 0 spiro atoms. The second-order valence-electron chi connectivity index (χ2n) is 2.91. The van der Waals surface area contributed by atoms with Crippen molar-refractivity contribution >= 4 is 0 Å². The van der Waals surface area contributed by atoms with Gasteiger partial charge in [0.05, 0.1) is 18.2 Å². The quantitative estimate of drug-likeness (QED) is 0.771. The number of halogens is 3. The molecule has 3 N–H and O–H groups in total. The predicted molar refractivity (Wildman–Crippen MR) is 45.5 cm³/mol. The summed E-state index contributed by atoms with van der Waals surface area (Å²) in [5.74, 6) is 0. The van der Waals surface area contributed by atoms with E-state index in [2.05, 4.69) is 0 Å². The molecule has 0 aliphatic carbocycles. The van der Waals surface area contributed by atoms with Crippen LogP contribution in [0.1, 0.15) is 17.2 Å². The lowest BCUT2D eigenvalue weighted by Gasteiger charge is -2.11. The molecule has 0 amide bonds. The Hall–Kier alpha value is -1.07. The molecule has 0 fully saturated rings. The topological polar surface area (TPSA) is 46.2 Å². The molecule has 0 heterocycles. The maximum Gasteiger partial charge on any atom is 0.416 e. The lowest BCUT2D eigenvalue weighted by Crippen LogP contribution is -2.15. The first-order chi connectivity index (χ1) is 6.45. The number of nitrogens with two attached hydrogens (primary N) is 1. The average molecular weight is 205 g/mol. The van der Waals surface area contributed by atoms with E-state index >= 15 is 0 Å². The van der Waals surface area contributed by atoms with Crippen LogP contribution in [-0.4, -0.2) is 11.7 Å². The van der Waals surface area contributed by atoms with Gasteiger partial charge < -0.3 is 10.8 Å². The summed E-state index contributed by atoms with van der Waals surface area (Å²) in [5, 5.41) is 8.68. The summed E-state index contributed by atoms with van der Waals surface area (Å²) < 4.78 is 36.7. The molecule has 0 aliphatic heterocycles. The van der Waals surface area contributed by atoms with Gasteiger partial charge in [-0.25, -0.2) is 0 Å². The number of aliphatic hydroxyl groups excluding tert-OH is 1. The molecular weight excluding hydrogens is 195 g/mol. The third-order valence-corrected chi connectivity index (χ3v) is 1.84. The summed E-state index contributed by atoms with van der Waals surface area (Å²) in [6, 6.07) is 3.87. The number of hydrogen-bond donors (Lipinski definition) is 2. The summed E-state index contributed by atoms with van der Waals surface area (Å²) in [5.41, 5.74) is 4.92. The smallest absolute Gasteiger partial charge is 0.394 e. The molecule has 0 radical (unpaired) electrons. The van der Waals surface area contributed by atoms with E-state index in [9.17, 15) is 13.2 Å². The summed E-state index contributed by atoms with van der Waals surface area (Å²) in [6.07, 6.45) is -4.37. The van der Waals surface area contributed by atoms with Gasteiger partial charge in [-0.1, -0.05) is 12.1 Å². The van der Waals surface area contributed by atoms with Gasteiger partial charge in [-0.2, -0.15) is 13.2 Å². The van der Waals surface area contributed by atoms with Crippen molar-refractivity contribution in [3.8, 4) is 0 Å². The van der Waals surface area contributed by atoms with Crippen LogP contribution in [-0.2, 0) is 6.18 Å². The monoisotopic (exact) mass is 205 g/mol. The fourth-order valence-corrected chi connectivity index (χ4v) is 1.05. The van der Waals surface area contributed by atoms with Crippen molar-refractivity contribution in [2.24, 2.45) is 5.73 Å². The minimum Gasteiger partial charge on any atom is -0.394 e. The van der Waals surface area contributed by atoms with Crippen molar-refractivity contribution in [3.63, 3.8) is 0 Å². The molecule has 5 heteroatoms. The van der Waals surface area contributed by atoms with E-state index in [0.29, 0.717) is 0 Å². The van der Waals surface area contributed by atoms with Gasteiger partial charge in [0.2, 0.25) is 0 Å². The van der Waals surface area contributed by atoms with Crippen LogP contribution in [0.25, 0.3) is 0 Å². The average Bonchev–Trinajstić information content (AvgIpc) is 2.15. The van der Waals surface area contributed by atoms with E-state index < -0.39 is 17.8 Å². The molecule has 0 aliphatic rings. The predicted octanol–water partition coefficient (Wildman–Crippen LogP) is 1.70. The summed E-state index contributed by atoms with van der Waals surface area (Å²) >= 11 is 0. The van der Waals surface area contributed by atoms with E-state index in [4.69, 9.17) is 10.8 Å². The van der Waals surface area contributed by atoms with E-state index in [0.717, 1.165) is 12.1 Å². The molecule has 1 aromatic rings. The highest BCUT2D eigenvalue weighted by Crippen LogP contribution is 2.30. The molecule has 0 unspecified atom stereocenters. The van der Waals surface area contributed by atoms with Gasteiger partial charge in [0.1, 0.15) is 0 Å². The molecule has 1 rings (SSSR count). The van der Waals surface area contributed by atoms with Crippen LogP contribution in [0.4, 0.5) is 13.2 Å². The van der Waals surface area contributed by atoms with Gasteiger partial charge >= 0.3 is 6.18 Å². The summed E-state index contributed by atoms with van der Waals surface area (Å²) in [4.78, 5) is 0. The Morgan fingerprint density at radius 2 is 2.00 bits per heavy atom. The number of aliphatic hydroxyl groups is 1. The maximum absolute atomic E-state index is 12.2. The van der Waals surface area contributed by atoms with Gasteiger partial charge in [0.25, 0.3) is 0 Å². The summed E-state index contributed by atoms with van der Waals surface area (Å²) in [7, 11) is 0. The van der Waals surface area contributed by atoms with Crippen molar-refractivity contribution in [1.82, 2.24) is 0 Å². The van der Waals surface area contributed by atoms with Gasteiger partial charge in [-0.15, -0.1) is 0 Å². The van der Waals surface area contributed by atoms with Crippen molar-refractivity contribution in [2.75, 3.05) is 6.61 Å². The minimum atomic E-state index is -4.37. The Balaban J connectivity index is 3.01. The Morgan fingerprint density at radius 3 is 2.50 bits per heavy atom. The Labute approximate surface area is 79.2 Å². The zero-order chi connectivity index (χ0) is 10.8. The molecule has 0 bridgehead atoms. The highest BCUT2D eigenvalue weighted by atomic mass is 19.4. The molecule has 0 saturated carbocycles. The van der Waals surface area contributed by atoms with Crippen LogP contribution in [0.15, 0.2) is 24.3 Å². The summed E-state index contributed by atoms with van der Waals surface area (Å²) in [6.45, 7) is -0.374. The lowest BCUT2D eigenvalue weighted by atomic mass is 10.1. The fourth-order valence-electron chi connectivity index (χ4n) is 1.05. The number of hydrogen-bond acceptors (Lipinski definition) is 2. The zero-order valence-corrected chi connectivity index (χ0v) is 7.25. The van der Waals surface area contributed by atoms with Crippen LogP contribution in [0, 0.1) is 0 Å². The van der Waals surface area contributed by atoms with E-state index in [1.807, 2.05) is 0 Å². The molecule has 78 valence electrons. The zero-order valence-electron chi connectivity index (χ0n) is 7.25. The fraction of sp³-hybridized carbons (Fsp3) is 0.333. The van der Waals surface area contributed by atoms with Crippen molar-refractivity contribution < 1.29 is 18.3 Å². The van der Waals surface area contributed by atoms with Gasteiger partial charge in [0.15, 0.2) is 0 Å². The van der Waals surface area contributed by atoms with Crippen molar-refractivity contribution in [1.29, 1.82) is 0 Å². The molecule has 14 heavy (non-hydrogen) atoms. The highest BCUT2D eigenvalue weighted by Gasteiger charge is 2.30. The van der Waals surface area contributed by atoms with Crippen molar-refractivity contribution in [3.05, 3.63) is 35.4 Å². The molecule has 0 aromatic heterocycles. The van der Waals surface area contributed by atoms with Crippen LogP contribution < -0.4 is 5.73 Å². The first kappa shape index (κ1) is 11.0. The Morgan fingerprint density at radius 1 is 1.36 bits per heavy atom. The van der Waals surface area contributed by atoms with Crippen LogP contribution >= 0.6 is 0 Å². The molecule has 2 nitrogen and oxygen atoms in total. The van der Waals surface area contributed by atoms with E-state index in [-0.39, 0.29) is 12.2 Å². The number of alkyl halides is 3. The van der Waals surface area contributed by atoms with Crippen LogP contribution in [0.5, 0.6) is 0 Å². The van der Waals surface area contributed by atoms with Gasteiger partial charge in [-0.05, 0) is 17.7 Å². The van der Waals surface area contributed by atoms with Crippen LogP contribution in [0.3, 0.4) is 0 Å². The minimum absolute atomic E-state index is 0.280. The highest BCUT2D eigenvalue weighted by molar-refractivity contribution is 5.27. The van der Waals surface area contributed by atoms with E-state index in [1.165, 1.54) is 12.1 Å². The second-order valence-corrected chi connectivity index (χ2v) is 2.91. The van der Waals surface area contributed by atoms with E-state index in [1.54, 1.807) is 0 Å². The first-order valence-electron chi connectivity index (χ1n) is 3.98.